The van der Waals surface area contributed by atoms with Crippen LogP contribution in [0.4, 0.5) is 0 Å². The monoisotopic (exact) mass is 475 g/mol. The first-order valence-electron chi connectivity index (χ1n) is 12.8. The van der Waals surface area contributed by atoms with Gasteiger partial charge in [-0.25, -0.2) is 0 Å². The molecule has 0 aliphatic carbocycles. The van der Waals surface area contributed by atoms with E-state index >= 15 is 0 Å². The topological polar surface area (TPSA) is 22.0 Å². The van der Waals surface area contributed by atoms with E-state index < -0.39 is 0 Å². The number of nitrogens with zero attached hydrogens (tertiary/aromatic N) is 1. The summed E-state index contributed by atoms with van der Waals surface area (Å²) >= 11 is 0. The van der Waals surface area contributed by atoms with Gasteiger partial charge in [-0.05, 0) is 74.3 Å². The van der Waals surface area contributed by atoms with E-state index in [1.165, 1.54) is 38.2 Å². The molecule has 2 nitrogen and oxygen atoms in total. The van der Waals surface area contributed by atoms with Crippen molar-refractivity contribution in [3.05, 3.63) is 132 Å². The molecule has 7 rings (SSSR count). The number of aromatic nitrogens is 1. The fraction of sp³-hybridized carbons (Fsp3) is 0.0571. The largest absolute Gasteiger partial charge is 0.308 e. The van der Waals surface area contributed by atoms with Crippen molar-refractivity contribution < 1.29 is 0 Å². The minimum atomic E-state index is 0.0708. The average molecular weight is 476 g/mol. The first-order chi connectivity index (χ1) is 18.3. The summed E-state index contributed by atoms with van der Waals surface area (Å²) in [6.45, 7) is 2.67. The summed E-state index contributed by atoms with van der Waals surface area (Å²) in [7, 11) is 0. The predicted molar refractivity (Wildman–Crippen MR) is 157 cm³/mol. The van der Waals surface area contributed by atoms with E-state index in [1.807, 2.05) is 29.7 Å². The van der Waals surface area contributed by atoms with Crippen molar-refractivity contribution in [2.75, 3.05) is 0 Å². The molecule has 6 aromatic carbocycles. The molecule has 0 saturated heterocycles. The molecule has 1 aromatic heterocycles. The quantitative estimate of drug-likeness (QED) is 0.185. The molecule has 2 heteroatoms. The standard InChI is InChI=1S/C35H25NO/c1-2-36-32-21-20-24(22-31(32)25-14-6-11-19-30(25)35(36)37)34-28-17-9-7-15-26(28)33(23-12-4-3-5-13-23)27-16-8-10-18-29(27)34/h3-22H,2H2,1H3. The molecular formula is C35H25NO. The molecule has 1 heterocycles. The summed E-state index contributed by atoms with van der Waals surface area (Å²) in [4.78, 5) is 13.2. The predicted octanol–water partition coefficient (Wildman–Crippen LogP) is 8.82. The van der Waals surface area contributed by atoms with E-state index in [0.717, 1.165) is 27.2 Å². The summed E-state index contributed by atoms with van der Waals surface area (Å²) < 4.78 is 1.89. The molecule has 0 aliphatic heterocycles. The minimum Gasteiger partial charge on any atom is -0.308 e. The van der Waals surface area contributed by atoms with Gasteiger partial charge in [0.1, 0.15) is 0 Å². The molecular weight excluding hydrogens is 450 g/mol. The van der Waals surface area contributed by atoms with Gasteiger partial charge in [-0.1, -0.05) is 103 Å². The second-order valence-electron chi connectivity index (χ2n) is 9.53. The number of fused-ring (bicyclic) bond motifs is 5. The van der Waals surface area contributed by atoms with E-state index in [2.05, 4.69) is 103 Å². The normalized spacial score (nSPS) is 11.6. The van der Waals surface area contributed by atoms with Gasteiger partial charge in [-0.2, -0.15) is 0 Å². The molecule has 7 aromatic rings. The molecule has 0 N–H and O–H groups in total. The second-order valence-corrected chi connectivity index (χ2v) is 9.53. The van der Waals surface area contributed by atoms with Gasteiger partial charge in [0.2, 0.25) is 0 Å². The van der Waals surface area contributed by atoms with E-state index in [9.17, 15) is 4.79 Å². The maximum atomic E-state index is 13.2. The number of hydrogen-bond donors (Lipinski definition) is 0. The minimum absolute atomic E-state index is 0.0708. The highest BCUT2D eigenvalue weighted by Crippen LogP contribution is 2.44. The van der Waals surface area contributed by atoms with Crippen LogP contribution in [-0.4, -0.2) is 4.57 Å². The lowest BCUT2D eigenvalue weighted by Gasteiger charge is -2.18. The molecule has 0 bridgehead atoms. The van der Waals surface area contributed by atoms with Crippen molar-refractivity contribution in [3.63, 3.8) is 0 Å². The van der Waals surface area contributed by atoms with Crippen molar-refractivity contribution in [3.8, 4) is 22.3 Å². The Morgan fingerprint density at radius 1 is 0.486 bits per heavy atom. The molecule has 37 heavy (non-hydrogen) atoms. The Bertz CT molecular complexity index is 1980. The maximum absolute atomic E-state index is 13.2. The summed E-state index contributed by atoms with van der Waals surface area (Å²) in [6.07, 6.45) is 0. The molecule has 0 unspecified atom stereocenters. The lowest BCUT2D eigenvalue weighted by Crippen LogP contribution is -2.19. The van der Waals surface area contributed by atoms with Crippen LogP contribution in [0.3, 0.4) is 0 Å². The van der Waals surface area contributed by atoms with Crippen LogP contribution in [0, 0.1) is 0 Å². The van der Waals surface area contributed by atoms with Crippen LogP contribution in [0.5, 0.6) is 0 Å². The van der Waals surface area contributed by atoms with Crippen LogP contribution in [0.15, 0.2) is 126 Å². The van der Waals surface area contributed by atoms with Crippen molar-refractivity contribution in [1.29, 1.82) is 0 Å². The lowest BCUT2D eigenvalue weighted by molar-refractivity contribution is 0.767. The van der Waals surface area contributed by atoms with E-state index in [0.29, 0.717) is 6.54 Å². The Morgan fingerprint density at radius 3 is 1.54 bits per heavy atom. The zero-order valence-electron chi connectivity index (χ0n) is 20.6. The zero-order valence-corrected chi connectivity index (χ0v) is 20.6. The Balaban J connectivity index is 1.64. The fourth-order valence-electron chi connectivity index (χ4n) is 5.97. The highest BCUT2D eigenvalue weighted by molar-refractivity contribution is 6.22. The molecule has 0 amide bonds. The Hall–Kier alpha value is -4.69. The first kappa shape index (κ1) is 21.6. The second kappa shape index (κ2) is 8.46. The summed E-state index contributed by atoms with van der Waals surface area (Å²) in [6, 6.07) is 42.7. The van der Waals surface area contributed by atoms with Crippen LogP contribution in [0.2, 0.25) is 0 Å². The smallest absolute Gasteiger partial charge is 0.258 e. The molecule has 176 valence electrons. The van der Waals surface area contributed by atoms with Gasteiger partial charge in [0, 0.05) is 17.3 Å². The number of rotatable bonds is 3. The Labute approximate surface area is 215 Å². The molecule has 0 aliphatic rings. The van der Waals surface area contributed by atoms with Crippen molar-refractivity contribution in [2.45, 2.75) is 13.5 Å². The van der Waals surface area contributed by atoms with Crippen LogP contribution in [0.1, 0.15) is 6.92 Å². The molecule has 0 fully saturated rings. The van der Waals surface area contributed by atoms with Gasteiger partial charge in [-0.3, -0.25) is 4.79 Å². The number of aryl methyl sites for hydroxylation is 1. The van der Waals surface area contributed by atoms with Crippen molar-refractivity contribution in [1.82, 2.24) is 4.57 Å². The van der Waals surface area contributed by atoms with E-state index in [1.54, 1.807) is 0 Å². The molecule has 0 radical (unpaired) electrons. The Morgan fingerprint density at radius 2 is 0.973 bits per heavy atom. The van der Waals surface area contributed by atoms with Gasteiger partial charge in [0.15, 0.2) is 0 Å². The van der Waals surface area contributed by atoms with Crippen molar-refractivity contribution >= 4 is 43.2 Å². The summed E-state index contributed by atoms with van der Waals surface area (Å²) in [5, 5.41) is 7.82. The fourth-order valence-corrected chi connectivity index (χ4v) is 5.97. The SMILES string of the molecule is CCn1c(=O)c2ccccc2c2cc(-c3c4ccccc4c(-c4ccccc4)c4ccccc34)ccc21. The van der Waals surface area contributed by atoms with Crippen LogP contribution in [-0.2, 0) is 6.54 Å². The highest BCUT2D eigenvalue weighted by atomic mass is 16.1. The van der Waals surface area contributed by atoms with Gasteiger partial charge in [0.25, 0.3) is 5.56 Å². The first-order valence-corrected chi connectivity index (χ1v) is 12.8. The van der Waals surface area contributed by atoms with Gasteiger partial charge < -0.3 is 4.57 Å². The highest BCUT2D eigenvalue weighted by Gasteiger charge is 2.17. The molecule has 0 saturated carbocycles. The molecule has 0 spiro atoms. The lowest BCUT2D eigenvalue weighted by atomic mass is 9.85. The van der Waals surface area contributed by atoms with Crippen molar-refractivity contribution in [2.24, 2.45) is 0 Å². The van der Waals surface area contributed by atoms with Crippen LogP contribution >= 0.6 is 0 Å². The van der Waals surface area contributed by atoms with Crippen LogP contribution < -0.4 is 5.56 Å². The van der Waals surface area contributed by atoms with Gasteiger partial charge >= 0.3 is 0 Å². The molecule has 0 atom stereocenters. The third-order valence-corrected chi connectivity index (χ3v) is 7.58. The Kier molecular flexibility index (Phi) is 4.93. The number of benzene rings is 6. The summed E-state index contributed by atoms with van der Waals surface area (Å²) in [5.74, 6) is 0. The number of pyridine rings is 1. The third-order valence-electron chi connectivity index (χ3n) is 7.58. The van der Waals surface area contributed by atoms with Gasteiger partial charge in [0.05, 0.1) is 5.52 Å². The summed E-state index contributed by atoms with van der Waals surface area (Å²) in [5.41, 5.74) is 5.92. The van der Waals surface area contributed by atoms with Crippen LogP contribution in [0.25, 0.3) is 65.5 Å². The van der Waals surface area contributed by atoms with E-state index in [-0.39, 0.29) is 5.56 Å². The number of hydrogen-bond acceptors (Lipinski definition) is 1. The maximum Gasteiger partial charge on any atom is 0.258 e. The third kappa shape index (κ3) is 3.23. The average Bonchev–Trinajstić information content (AvgIpc) is 2.96. The van der Waals surface area contributed by atoms with Gasteiger partial charge in [-0.15, -0.1) is 0 Å². The van der Waals surface area contributed by atoms with E-state index in [4.69, 9.17) is 0 Å². The zero-order chi connectivity index (χ0) is 24.9.